The molecule has 3 N–H and O–H groups in total. The van der Waals surface area contributed by atoms with Crippen LogP contribution in [0.25, 0.3) is 0 Å². The van der Waals surface area contributed by atoms with Crippen molar-refractivity contribution < 1.29 is 4.79 Å². The third kappa shape index (κ3) is 3.83. The molecule has 1 atom stereocenters. The molecule has 1 aliphatic carbocycles. The monoisotopic (exact) mass is 398 g/mol. The highest BCUT2D eigenvalue weighted by molar-refractivity contribution is 5.99. The lowest BCUT2D eigenvalue weighted by molar-refractivity contribution is 0.0935. The molecule has 0 aromatic heterocycles. The molecule has 1 amide bonds. The number of aryl methyl sites for hydroxylation is 1. The van der Waals surface area contributed by atoms with E-state index in [9.17, 15) is 4.79 Å². The van der Waals surface area contributed by atoms with E-state index in [2.05, 4.69) is 27.9 Å². The zero-order chi connectivity index (χ0) is 21.1. The maximum atomic E-state index is 13.2. The summed E-state index contributed by atoms with van der Waals surface area (Å²) in [6, 6.07) is 21.7. The molecular weight excluding hydrogens is 372 g/mol. The molecule has 0 aliphatic heterocycles. The molecule has 0 fully saturated rings. The summed E-state index contributed by atoms with van der Waals surface area (Å²) < 4.78 is 0. The maximum Gasteiger partial charge on any atom is 0.252 e. The number of anilines is 2. The molecular formula is C25H26N4O. The number of para-hydroxylation sites is 1. The van der Waals surface area contributed by atoms with Gasteiger partial charge in [0.1, 0.15) is 5.69 Å². The van der Waals surface area contributed by atoms with Crippen LogP contribution in [0.5, 0.6) is 0 Å². The molecule has 0 spiro atoms. The van der Waals surface area contributed by atoms with Crippen molar-refractivity contribution in [3.05, 3.63) is 89.0 Å². The van der Waals surface area contributed by atoms with E-state index in [1.165, 1.54) is 11.1 Å². The minimum Gasteiger partial charge on any atom is -0.354 e. The Morgan fingerprint density at radius 2 is 1.77 bits per heavy atom. The van der Waals surface area contributed by atoms with Crippen LogP contribution in [0.2, 0.25) is 0 Å². The van der Waals surface area contributed by atoms with Crippen LogP contribution < -0.4 is 10.6 Å². The van der Waals surface area contributed by atoms with Crippen molar-refractivity contribution >= 4 is 23.0 Å². The van der Waals surface area contributed by atoms with Gasteiger partial charge >= 0.3 is 0 Å². The maximum absolute atomic E-state index is 13.2. The molecule has 5 nitrogen and oxygen atoms in total. The van der Waals surface area contributed by atoms with Gasteiger partial charge in [-0.05, 0) is 59.7 Å². The van der Waals surface area contributed by atoms with Crippen LogP contribution in [0, 0.1) is 5.53 Å². The number of rotatable bonds is 6. The van der Waals surface area contributed by atoms with Gasteiger partial charge in [-0.2, -0.15) is 5.11 Å². The first-order chi connectivity index (χ1) is 14.6. The molecule has 0 saturated carbocycles. The first kappa shape index (κ1) is 19.8. The number of nitrogens with zero attached hydrogens (tertiary/aromatic N) is 1. The number of hydrogen-bond donors (Lipinski definition) is 3. The summed E-state index contributed by atoms with van der Waals surface area (Å²) in [5.74, 6) is -0.0696. The van der Waals surface area contributed by atoms with Crippen LogP contribution in [0.3, 0.4) is 0 Å². The van der Waals surface area contributed by atoms with Gasteiger partial charge in [0.15, 0.2) is 0 Å². The summed E-state index contributed by atoms with van der Waals surface area (Å²) in [7, 11) is 0. The van der Waals surface area contributed by atoms with Gasteiger partial charge in [-0.1, -0.05) is 56.3 Å². The van der Waals surface area contributed by atoms with Gasteiger partial charge in [0.25, 0.3) is 5.91 Å². The molecule has 0 bridgehead atoms. The molecule has 0 heterocycles. The Morgan fingerprint density at radius 1 is 1.03 bits per heavy atom. The Labute approximate surface area is 177 Å². The smallest absolute Gasteiger partial charge is 0.252 e. The number of fused-ring (bicyclic) bond motifs is 1. The molecule has 4 rings (SSSR count). The SMILES string of the molecule is CC(C)c1c(C(=O)N[C@H]2CCc3ccccc32)ccc(Nc2ccccc2)c1N=N. The fourth-order valence-electron chi connectivity index (χ4n) is 4.23. The summed E-state index contributed by atoms with van der Waals surface area (Å²) in [5, 5.41) is 10.3. The third-order valence-electron chi connectivity index (χ3n) is 5.64. The van der Waals surface area contributed by atoms with Crippen molar-refractivity contribution in [2.75, 3.05) is 5.32 Å². The second kappa shape index (κ2) is 8.49. The van der Waals surface area contributed by atoms with Gasteiger partial charge < -0.3 is 10.6 Å². The molecule has 0 radical (unpaired) electrons. The van der Waals surface area contributed by atoms with Crippen LogP contribution in [0.1, 0.15) is 59.3 Å². The number of nitrogens with one attached hydrogen (secondary N) is 3. The van der Waals surface area contributed by atoms with Crippen LogP contribution in [-0.4, -0.2) is 5.91 Å². The Bertz CT molecular complexity index is 1080. The van der Waals surface area contributed by atoms with Crippen LogP contribution in [0.4, 0.5) is 17.1 Å². The number of amides is 1. The Morgan fingerprint density at radius 3 is 2.50 bits per heavy atom. The van der Waals surface area contributed by atoms with E-state index in [4.69, 9.17) is 5.53 Å². The summed E-state index contributed by atoms with van der Waals surface area (Å²) in [6.45, 7) is 4.05. The molecule has 0 unspecified atom stereocenters. The van der Waals surface area contributed by atoms with E-state index in [-0.39, 0.29) is 17.9 Å². The molecule has 3 aromatic rings. The van der Waals surface area contributed by atoms with E-state index in [1.807, 2.05) is 68.4 Å². The number of carbonyl (C=O) groups is 1. The van der Waals surface area contributed by atoms with E-state index in [1.54, 1.807) is 0 Å². The van der Waals surface area contributed by atoms with Crippen molar-refractivity contribution in [3.8, 4) is 0 Å². The lowest BCUT2D eigenvalue weighted by Gasteiger charge is -2.20. The Hall–Kier alpha value is -3.47. The second-order valence-corrected chi connectivity index (χ2v) is 7.94. The van der Waals surface area contributed by atoms with Gasteiger partial charge in [-0.15, -0.1) is 0 Å². The molecule has 3 aromatic carbocycles. The highest BCUT2D eigenvalue weighted by Gasteiger charge is 2.26. The van der Waals surface area contributed by atoms with Crippen molar-refractivity contribution in [3.63, 3.8) is 0 Å². The summed E-state index contributed by atoms with van der Waals surface area (Å²) in [5.41, 5.74) is 13.8. The van der Waals surface area contributed by atoms with E-state index < -0.39 is 0 Å². The van der Waals surface area contributed by atoms with Crippen molar-refractivity contribution in [2.24, 2.45) is 5.11 Å². The summed E-state index contributed by atoms with van der Waals surface area (Å²) in [6.07, 6.45) is 1.89. The predicted octanol–water partition coefficient (Wildman–Crippen LogP) is 6.63. The molecule has 5 heteroatoms. The van der Waals surface area contributed by atoms with Crippen molar-refractivity contribution in [1.29, 1.82) is 5.53 Å². The molecule has 152 valence electrons. The van der Waals surface area contributed by atoms with E-state index >= 15 is 0 Å². The zero-order valence-electron chi connectivity index (χ0n) is 17.3. The fourth-order valence-corrected chi connectivity index (χ4v) is 4.23. The average molecular weight is 399 g/mol. The third-order valence-corrected chi connectivity index (χ3v) is 5.64. The van der Waals surface area contributed by atoms with Gasteiger partial charge in [-0.3, -0.25) is 4.79 Å². The highest BCUT2D eigenvalue weighted by Crippen LogP contribution is 2.39. The Balaban J connectivity index is 1.66. The Kier molecular flexibility index (Phi) is 5.61. The minimum absolute atomic E-state index is 0.0206. The van der Waals surface area contributed by atoms with Gasteiger partial charge in [0, 0.05) is 11.3 Å². The normalized spacial score (nSPS) is 15.0. The van der Waals surface area contributed by atoms with Crippen LogP contribution in [0.15, 0.2) is 71.8 Å². The number of carbonyl (C=O) groups excluding carboxylic acids is 1. The van der Waals surface area contributed by atoms with Crippen molar-refractivity contribution in [1.82, 2.24) is 5.32 Å². The summed E-state index contributed by atoms with van der Waals surface area (Å²) >= 11 is 0. The quantitative estimate of drug-likeness (QED) is 0.407. The van der Waals surface area contributed by atoms with E-state index in [0.29, 0.717) is 11.3 Å². The largest absolute Gasteiger partial charge is 0.354 e. The lowest BCUT2D eigenvalue weighted by Crippen LogP contribution is -2.28. The van der Waals surface area contributed by atoms with Crippen molar-refractivity contribution in [2.45, 2.75) is 38.6 Å². The first-order valence-corrected chi connectivity index (χ1v) is 10.3. The molecule has 0 saturated heterocycles. The number of benzene rings is 3. The zero-order valence-corrected chi connectivity index (χ0v) is 17.3. The van der Waals surface area contributed by atoms with Gasteiger partial charge in [0.05, 0.1) is 11.7 Å². The number of hydrogen-bond acceptors (Lipinski definition) is 4. The predicted molar refractivity (Wildman–Crippen MR) is 120 cm³/mol. The topological polar surface area (TPSA) is 77.3 Å². The minimum atomic E-state index is -0.114. The lowest BCUT2D eigenvalue weighted by atomic mass is 9.93. The first-order valence-electron chi connectivity index (χ1n) is 10.3. The average Bonchev–Trinajstić information content (AvgIpc) is 3.16. The van der Waals surface area contributed by atoms with Gasteiger partial charge in [0.2, 0.25) is 0 Å². The van der Waals surface area contributed by atoms with E-state index in [0.717, 1.165) is 29.8 Å². The van der Waals surface area contributed by atoms with Crippen LogP contribution >= 0.6 is 0 Å². The molecule has 30 heavy (non-hydrogen) atoms. The van der Waals surface area contributed by atoms with Crippen LogP contribution in [-0.2, 0) is 6.42 Å². The summed E-state index contributed by atoms with van der Waals surface area (Å²) in [4.78, 5) is 13.2. The van der Waals surface area contributed by atoms with Gasteiger partial charge in [-0.25, -0.2) is 5.53 Å². The highest BCUT2D eigenvalue weighted by atomic mass is 16.1. The second-order valence-electron chi connectivity index (χ2n) is 7.94. The molecule has 1 aliphatic rings. The fraction of sp³-hybridized carbons (Fsp3) is 0.240. The standard InChI is InChI=1S/C25H26N4O/c1-16(2)23-20(25(30)28-21-14-12-17-8-6-7-11-19(17)21)13-15-22(24(23)29-26)27-18-9-4-3-5-10-18/h3-11,13,15-16,21,26-27H,12,14H2,1-2H3,(H,28,30)/t21-/m0/s1.